The van der Waals surface area contributed by atoms with Crippen molar-refractivity contribution < 1.29 is 31.1 Å². The summed E-state index contributed by atoms with van der Waals surface area (Å²) in [6.07, 6.45) is 0.880. The van der Waals surface area contributed by atoms with Crippen LogP contribution in [0.2, 0.25) is 0 Å². The largest absolute Gasteiger partial charge is 0.381 e. The number of halogens is 3. The molecule has 0 atom stereocenters. The standard InChI is InChI=1S/C18H16F3N3O4S/c19-12-8-11(9-13(20)16(12)21)22-17(25)10-1-2-14-15(7-10)29(26,27)24-18(23-14)3-5-28-6-4-18/h1-2,7-9,23-24H,3-6H2,(H,22,25). The van der Waals surface area contributed by atoms with E-state index in [1.807, 2.05) is 0 Å². The predicted molar refractivity (Wildman–Crippen MR) is 97.4 cm³/mol. The van der Waals surface area contributed by atoms with Gasteiger partial charge >= 0.3 is 0 Å². The third-order valence-corrected chi connectivity index (χ3v) is 6.40. The van der Waals surface area contributed by atoms with Gasteiger partial charge in [0.05, 0.1) is 18.9 Å². The van der Waals surface area contributed by atoms with Crippen LogP contribution in [0, 0.1) is 17.5 Å². The first-order valence-corrected chi connectivity index (χ1v) is 10.2. The van der Waals surface area contributed by atoms with Crippen LogP contribution in [0.4, 0.5) is 24.5 Å². The minimum absolute atomic E-state index is 0.0519. The van der Waals surface area contributed by atoms with Crippen molar-refractivity contribution >= 4 is 27.3 Å². The molecule has 1 fully saturated rings. The molecule has 1 spiro atoms. The number of sulfonamides is 1. The molecule has 0 aromatic heterocycles. The molecule has 154 valence electrons. The van der Waals surface area contributed by atoms with E-state index in [9.17, 15) is 26.4 Å². The zero-order valence-electron chi connectivity index (χ0n) is 14.9. The van der Waals surface area contributed by atoms with Gasteiger partial charge < -0.3 is 15.4 Å². The molecule has 0 radical (unpaired) electrons. The summed E-state index contributed by atoms with van der Waals surface area (Å²) in [5.41, 5.74) is -0.869. The summed E-state index contributed by atoms with van der Waals surface area (Å²) in [6.45, 7) is 0.798. The highest BCUT2D eigenvalue weighted by molar-refractivity contribution is 7.89. The lowest BCUT2D eigenvalue weighted by molar-refractivity contribution is 0.0561. The van der Waals surface area contributed by atoms with Gasteiger partial charge in [0.2, 0.25) is 10.0 Å². The lowest BCUT2D eigenvalue weighted by atomic mass is 10.0. The van der Waals surface area contributed by atoms with Crippen LogP contribution in [0.1, 0.15) is 23.2 Å². The molecule has 0 bridgehead atoms. The Labute approximate surface area is 164 Å². The number of hydrogen-bond donors (Lipinski definition) is 3. The molecule has 11 heteroatoms. The highest BCUT2D eigenvalue weighted by Gasteiger charge is 2.42. The van der Waals surface area contributed by atoms with Crippen LogP contribution in [0.3, 0.4) is 0 Å². The van der Waals surface area contributed by atoms with Gasteiger partial charge in [-0.1, -0.05) is 0 Å². The fourth-order valence-corrected chi connectivity index (χ4v) is 4.93. The summed E-state index contributed by atoms with van der Waals surface area (Å²) in [6, 6.07) is 5.24. The summed E-state index contributed by atoms with van der Waals surface area (Å²) in [7, 11) is -3.92. The van der Waals surface area contributed by atoms with Crippen molar-refractivity contribution in [3.05, 3.63) is 53.3 Å². The molecule has 2 aromatic carbocycles. The van der Waals surface area contributed by atoms with Crippen molar-refractivity contribution in [2.75, 3.05) is 23.8 Å². The van der Waals surface area contributed by atoms with Crippen molar-refractivity contribution in [1.82, 2.24) is 4.72 Å². The average Bonchev–Trinajstić information content (AvgIpc) is 2.65. The van der Waals surface area contributed by atoms with E-state index in [0.29, 0.717) is 43.9 Å². The number of amides is 1. The van der Waals surface area contributed by atoms with E-state index < -0.39 is 39.0 Å². The second-order valence-corrected chi connectivity index (χ2v) is 8.49. The first kappa shape index (κ1) is 19.7. The minimum atomic E-state index is -3.92. The second kappa shape index (κ2) is 7.01. The molecule has 1 saturated heterocycles. The van der Waals surface area contributed by atoms with Crippen molar-refractivity contribution in [3.63, 3.8) is 0 Å². The number of rotatable bonds is 2. The highest BCUT2D eigenvalue weighted by atomic mass is 32.2. The maximum atomic E-state index is 13.3. The van der Waals surface area contributed by atoms with E-state index >= 15 is 0 Å². The molecule has 2 aliphatic heterocycles. The monoisotopic (exact) mass is 427 g/mol. The van der Waals surface area contributed by atoms with Gasteiger partial charge in [0.25, 0.3) is 5.91 Å². The number of anilines is 2. The number of carbonyl (C=O) groups excluding carboxylic acids is 1. The molecular weight excluding hydrogens is 411 g/mol. The molecule has 7 nitrogen and oxygen atoms in total. The Balaban J connectivity index is 1.62. The first-order chi connectivity index (χ1) is 13.7. The van der Waals surface area contributed by atoms with Crippen LogP contribution in [-0.2, 0) is 14.8 Å². The molecule has 2 aromatic rings. The molecule has 1 amide bonds. The van der Waals surface area contributed by atoms with E-state index in [1.165, 1.54) is 12.1 Å². The average molecular weight is 427 g/mol. The zero-order valence-corrected chi connectivity index (χ0v) is 15.7. The van der Waals surface area contributed by atoms with E-state index in [0.717, 1.165) is 6.07 Å². The van der Waals surface area contributed by atoms with Crippen LogP contribution >= 0.6 is 0 Å². The van der Waals surface area contributed by atoms with Gasteiger partial charge in [-0.25, -0.2) is 21.6 Å². The Kier molecular flexibility index (Phi) is 4.75. The molecule has 2 heterocycles. The summed E-state index contributed by atoms with van der Waals surface area (Å²) in [5, 5.41) is 5.38. The molecule has 0 saturated carbocycles. The Hall–Kier alpha value is -2.63. The molecule has 2 aliphatic rings. The predicted octanol–water partition coefficient (Wildman–Crippen LogP) is 2.57. The second-order valence-electron chi connectivity index (χ2n) is 6.84. The Morgan fingerprint density at radius 2 is 1.72 bits per heavy atom. The summed E-state index contributed by atoms with van der Waals surface area (Å²) in [5.74, 6) is -5.37. The number of ether oxygens (including phenoxy) is 1. The number of fused-ring (bicyclic) bond motifs is 1. The smallest absolute Gasteiger partial charge is 0.255 e. The number of nitrogens with one attached hydrogen (secondary N) is 3. The summed E-state index contributed by atoms with van der Waals surface area (Å²) in [4.78, 5) is 12.3. The van der Waals surface area contributed by atoms with Gasteiger partial charge in [-0.05, 0) is 18.2 Å². The SMILES string of the molecule is O=C(Nc1cc(F)c(F)c(F)c1)c1ccc2c(c1)S(=O)(=O)NC1(CCOCC1)N2. The van der Waals surface area contributed by atoms with Gasteiger partial charge in [-0.15, -0.1) is 0 Å². The Bertz CT molecular complexity index is 1080. The van der Waals surface area contributed by atoms with Gasteiger partial charge in [-0.3, -0.25) is 4.79 Å². The minimum Gasteiger partial charge on any atom is -0.381 e. The van der Waals surface area contributed by atoms with E-state index in [4.69, 9.17) is 4.74 Å². The highest BCUT2D eigenvalue weighted by Crippen LogP contribution is 2.35. The third-order valence-electron chi connectivity index (χ3n) is 4.83. The van der Waals surface area contributed by atoms with Crippen LogP contribution in [0.5, 0.6) is 0 Å². The molecule has 0 unspecified atom stereocenters. The maximum absolute atomic E-state index is 13.3. The number of carbonyl (C=O) groups is 1. The van der Waals surface area contributed by atoms with Crippen molar-refractivity contribution in [1.29, 1.82) is 0 Å². The summed E-state index contributed by atoms with van der Waals surface area (Å²) < 4.78 is 73.1. The van der Waals surface area contributed by atoms with Gasteiger partial charge in [-0.2, -0.15) is 4.72 Å². The molecule has 4 rings (SSSR count). The quantitative estimate of drug-likeness (QED) is 0.641. The zero-order chi connectivity index (χ0) is 20.8. The Morgan fingerprint density at radius 1 is 1.07 bits per heavy atom. The van der Waals surface area contributed by atoms with E-state index in [-0.39, 0.29) is 16.1 Å². The number of benzene rings is 2. The molecular formula is C18H16F3N3O4S. The first-order valence-electron chi connectivity index (χ1n) is 8.69. The van der Waals surface area contributed by atoms with Crippen molar-refractivity contribution in [3.8, 4) is 0 Å². The van der Waals surface area contributed by atoms with Crippen LogP contribution < -0.4 is 15.4 Å². The van der Waals surface area contributed by atoms with Gasteiger partial charge in [0, 0.05) is 36.2 Å². The number of hydrogen-bond acceptors (Lipinski definition) is 5. The van der Waals surface area contributed by atoms with E-state index in [1.54, 1.807) is 0 Å². The fraction of sp³-hybridized carbons (Fsp3) is 0.278. The molecule has 0 aliphatic carbocycles. The Morgan fingerprint density at radius 3 is 2.38 bits per heavy atom. The lowest BCUT2D eigenvalue weighted by Gasteiger charge is -2.42. The normalized spacial score (nSPS) is 19.3. The summed E-state index contributed by atoms with van der Waals surface area (Å²) >= 11 is 0. The molecule has 3 N–H and O–H groups in total. The topological polar surface area (TPSA) is 96.5 Å². The van der Waals surface area contributed by atoms with Crippen molar-refractivity contribution in [2.24, 2.45) is 0 Å². The van der Waals surface area contributed by atoms with Crippen LogP contribution in [0.25, 0.3) is 0 Å². The van der Waals surface area contributed by atoms with E-state index in [2.05, 4.69) is 15.4 Å². The van der Waals surface area contributed by atoms with Gasteiger partial charge in [0.15, 0.2) is 17.5 Å². The molecule has 29 heavy (non-hydrogen) atoms. The van der Waals surface area contributed by atoms with Crippen molar-refractivity contribution in [2.45, 2.75) is 23.4 Å². The van der Waals surface area contributed by atoms with Crippen LogP contribution in [0.15, 0.2) is 35.2 Å². The maximum Gasteiger partial charge on any atom is 0.255 e. The van der Waals surface area contributed by atoms with Crippen LogP contribution in [-0.4, -0.2) is 33.2 Å². The van der Waals surface area contributed by atoms with Gasteiger partial charge in [0.1, 0.15) is 10.6 Å². The fourth-order valence-electron chi connectivity index (χ4n) is 3.36. The third kappa shape index (κ3) is 3.68. The lowest BCUT2D eigenvalue weighted by Crippen LogP contribution is -2.59.